The van der Waals surface area contributed by atoms with Crippen molar-refractivity contribution in [1.29, 1.82) is 0 Å². The van der Waals surface area contributed by atoms with E-state index in [-0.39, 0.29) is 18.5 Å². The van der Waals surface area contributed by atoms with Crippen molar-refractivity contribution in [3.05, 3.63) is 18.0 Å². The van der Waals surface area contributed by atoms with E-state index in [1.807, 2.05) is 18.0 Å². The number of rotatable bonds is 4. The fourth-order valence-electron chi connectivity index (χ4n) is 4.18. The Labute approximate surface area is 154 Å². The van der Waals surface area contributed by atoms with Gasteiger partial charge in [-0.2, -0.15) is 5.10 Å². The summed E-state index contributed by atoms with van der Waals surface area (Å²) in [5.74, 6) is 1.26. The monoisotopic (exact) mass is 366 g/mol. The summed E-state index contributed by atoms with van der Waals surface area (Å²) in [5, 5.41) is 11.1. The third kappa shape index (κ3) is 4.42. The lowest BCUT2D eigenvalue weighted by Gasteiger charge is -2.40. The van der Waals surface area contributed by atoms with Gasteiger partial charge in [0, 0.05) is 39.0 Å². The third-order valence-corrected chi connectivity index (χ3v) is 5.54. The lowest BCUT2D eigenvalue weighted by Crippen LogP contribution is -2.47. The Hall–Kier alpha value is -1.93. The number of fused-ring (bicyclic) bond motifs is 1. The van der Waals surface area contributed by atoms with Crippen LogP contribution in [0.2, 0.25) is 0 Å². The van der Waals surface area contributed by atoms with Gasteiger partial charge in [0.05, 0.1) is 17.9 Å². The third-order valence-electron chi connectivity index (χ3n) is 5.54. The second-order valence-electron chi connectivity index (χ2n) is 7.20. The summed E-state index contributed by atoms with van der Waals surface area (Å²) in [6, 6.07) is 0.444. The molecule has 1 aromatic heterocycles. The fourth-order valence-corrected chi connectivity index (χ4v) is 4.18. The van der Waals surface area contributed by atoms with Gasteiger partial charge in [-0.25, -0.2) is 0 Å². The van der Waals surface area contributed by atoms with E-state index in [4.69, 9.17) is 14.6 Å². The molecule has 0 spiro atoms. The number of methoxy groups -OCH3 is 1. The number of hydrogen-bond donors (Lipinski definition) is 1. The normalized spacial score (nSPS) is 27.7. The number of hydrogen-bond acceptors (Lipinski definition) is 5. The van der Waals surface area contributed by atoms with Gasteiger partial charge in [-0.3, -0.25) is 14.3 Å². The summed E-state index contributed by atoms with van der Waals surface area (Å²) in [6.45, 7) is 4.28. The van der Waals surface area contributed by atoms with Crippen molar-refractivity contribution in [2.45, 2.75) is 38.5 Å². The molecule has 0 aromatic carbocycles. The predicted molar refractivity (Wildman–Crippen MR) is 97.0 cm³/mol. The molecular weight excluding hydrogens is 336 g/mol. The molecule has 2 aliphatic rings. The molecule has 8 heteroatoms. The molecule has 0 radical (unpaired) electrons. The van der Waals surface area contributed by atoms with Crippen molar-refractivity contribution in [3.8, 4) is 0 Å². The zero-order valence-electron chi connectivity index (χ0n) is 16.0. The average Bonchev–Trinajstić information content (AvgIpc) is 3.26. The van der Waals surface area contributed by atoms with Gasteiger partial charge in [0.25, 0.3) is 12.4 Å². The minimum absolute atomic E-state index is 0.120. The van der Waals surface area contributed by atoms with Crippen molar-refractivity contribution in [2.24, 2.45) is 11.8 Å². The summed E-state index contributed by atoms with van der Waals surface area (Å²) in [4.78, 5) is 25.4. The molecular formula is C18H30N4O4. The van der Waals surface area contributed by atoms with E-state index < -0.39 is 0 Å². The van der Waals surface area contributed by atoms with Gasteiger partial charge in [0.1, 0.15) is 0 Å². The minimum atomic E-state index is -0.250. The van der Waals surface area contributed by atoms with Crippen LogP contribution in [-0.2, 0) is 16.1 Å². The van der Waals surface area contributed by atoms with Crippen LogP contribution in [0.4, 0.5) is 0 Å². The summed E-state index contributed by atoms with van der Waals surface area (Å²) in [5.41, 5.74) is 0.706. The molecule has 4 atom stereocenters. The first-order valence-corrected chi connectivity index (χ1v) is 9.03. The van der Waals surface area contributed by atoms with E-state index in [9.17, 15) is 4.79 Å². The number of likely N-dealkylation sites (tertiary alicyclic amines) is 1. The van der Waals surface area contributed by atoms with Crippen LogP contribution in [0.1, 0.15) is 30.1 Å². The van der Waals surface area contributed by atoms with Crippen molar-refractivity contribution in [2.75, 3.05) is 34.3 Å². The molecule has 1 saturated heterocycles. The summed E-state index contributed by atoms with van der Waals surface area (Å²) < 4.78 is 7.52. The van der Waals surface area contributed by atoms with E-state index in [2.05, 4.69) is 24.1 Å². The Bertz CT molecular complexity index is 604. The largest absolute Gasteiger partial charge is 0.483 e. The molecule has 0 bridgehead atoms. The van der Waals surface area contributed by atoms with Crippen molar-refractivity contribution in [3.63, 3.8) is 0 Å². The molecule has 1 saturated carbocycles. The SMILES string of the molecule is CCn1cc(C(=O)N2C[C@H]3C[C@@H](N(C)C)[C@H](OC)C[C@H]3C2)cn1.O=CO. The van der Waals surface area contributed by atoms with Gasteiger partial charge in [-0.1, -0.05) is 0 Å². The number of likely N-dealkylation sites (N-methyl/N-ethyl adjacent to an activating group) is 1. The van der Waals surface area contributed by atoms with Crippen LogP contribution in [0.3, 0.4) is 0 Å². The van der Waals surface area contributed by atoms with E-state index in [0.29, 0.717) is 23.4 Å². The molecule has 1 aliphatic heterocycles. The lowest BCUT2D eigenvalue weighted by molar-refractivity contribution is -0.122. The number of aromatic nitrogens is 2. The maximum absolute atomic E-state index is 12.7. The van der Waals surface area contributed by atoms with Crippen molar-refractivity contribution < 1.29 is 19.4 Å². The first kappa shape index (κ1) is 20.4. The van der Waals surface area contributed by atoms with Gasteiger partial charge in [-0.05, 0) is 45.7 Å². The fraction of sp³-hybridized carbons (Fsp3) is 0.722. The summed E-state index contributed by atoms with van der Waals surface area (Å²) in [6.07, 6.45) is 5.96. The zero-order valence-corrected chi connectivity index (χ0v) is 16.0. The summed E-state index contributed by atoms with van der Waals surface area (Å²) >= 11 is 0. The first-order valence-electron chi connectivity index (χ1n) is 9.03. The number of aryl methyl sites for hydroxylation is 1. The molecule has 3 rings (SSSR count). The second-order valence-corrected chi connectivity index (χ2v) is 7.20. The standard InChI is InChI=1S/C17H28N4O2.CH2O2/c1-5-21-11-14(8-18-21)17(22)20-9-12-6-15(19(2)3)16(23-4)7-13(12)10-20;2-1-3/h8,11-13,15-16H,5-7,9-10H2,1-4H3;1H,(H,2,3)/t12-,13+,15-,16-;/m1./s1. The Kier molecular flexibility index (Phi) is 7.16. The van der Waals surface area contributed by atoms with Crippen LogP contribution in [0.25, 0.3) is 0 Å². The van der Waals surface area contributed by atoms with Crippen molar-refractivity contribution >= 4 is 12.4 Å². The number of nitrogens with zero attached hydrogens (tertiary/aromatic N) is 4. The lowest BCUT2D eigenvalue weighted by atomic mass is 9.77. The Balaban J connectivity index is 0.000000758. The molecule has 1 N–H and O–H groups in total. The first-order chi connectivity index (χ1) is 12.4. The number of carbonyl (C=O) groups excluding carboxylic acids is 1. The van der Waals surface area contributed by atoms with Crippen LogP contribution in [0.15, 0.2) is 12.4 Å². The van der Waals surface area contributed by atoms with Gasteiger partial charge in [-0.15, -0.1) is 0 Å². The predicted octanol–water partition coefficient (Wildman–Crippen LogP) is 1.03. The highest BCUT2D eigenvalue weighted by atomic mass is 16.5. The van der Waals surface area contributed by atoms with Gasteiger partial charge in [0.2, 0.25) is 0 Å². The quantitative estimate of drug-likeness (QED) is 0.801. The molecule has 0 unspecified atom stereocenters. The van der Waals surface area contributed by atoms with Gasteiger partial charge < -0.3 is 19.6 Å². The highest BCUT2D eigenvalue weighted by molar-refractivity contribution is 5.93. The molecule has 1 amide bonds. The smallest absolute Gasteiger partial charge is 0.290 e. The molecule has 26 heavy (non-hydrogen) atoms. The topological polar surface area (TPSA) is 87.9 Å². The van der Waals surface area contributed by atoms with E-state index in [1.165, 1.54) is 0 Å². The number of amides is 1. The molecule has 146 valence electrons. The zero-order chi connectivity index (χ0) is 19.3. The summed E-state index contributed by atoms with van der Waals surface area (Å²) in [7, 11) is 6.04. The highest BCUT2D eigenvalue weighted by Crippen LogP contribution is 2.39. The average molecular weight is 366 g/mol. The van der Waals surface area contributed by atoms with Crippen molar-refractivity contribution in [1.82, 2.24) is 19.6 Å². The maximum atomic E-state index is 12.7. The number of ether oxygens (including phenoxy) is 1. The molecule has 2 heterocycles. The molecule has 2 fully saturated rings. The van der Waals surface area contributed by atoms with Crippen LogP contribution in [0, 0.1) is 11.8 Å². The second kappa shape index (κ2) is 9.14. The molecule has 8 nitrogen and oxygen atoms in total. The highest BCUT2D eigenvalue weighted by Gasteiger charge is 2.44. The molecule has 1 aromatic rings. The van der Waals surface area contributed by atoms with Crippen LogP contribution in [-0.4, -0.2) is 83.5 Å². The van der Waals surface area contributed by atoms with Crippen LogP contribution >= 0.6 is 0 Å². The van der Waals surface area contributed by atoms with E-state index in [1.54, 1.807) is 18.0 Å². The van der Waals surface area contributed by atoms with Crippen LogP contribution < -0.4 is 0 Å². The van der Waals surface area contributed by atoms with Gasteiger partial charge in [0.15, 0.2) is 0 Å². The minimum Gasteiger partial charge on any atom is -0.483 e. The molecule has 1 aliphatic carbocycles. The number of carboxylic acid groups (broad SMARTS) is 1. The van der Waals surface area contributed by atoms with Crippen LogP contribution in [0.5, 0.6) is 0 Å². The number of carbonyl (C=O) groups is 2. The Morgan fingerprint density at radius 3 is 2.50 bits per heavy atom. The van der Waals surface area contributed by atoms with Gasteiger partial charge >= 0.3 is 0 Å². The Morgan fingerprint density at radius 1 is 1.38 bits per heavy atom. The maximum Gasteiger partial charge on any atom is 0.290 e. The van der Waals surface area contributed by atoms with E-state index in [0.717, 1.165) is 32.5 Å². The van der Waals surface area contributed by atoms with E-state index >= 15 is 0 Å². The Morgan fingerprint density at radius 2 is 2.00 bits per heavy atom.